The summed E-state index contributed by atoms with van der Waals surface area (Å²) in [5, 5.41) is 4.73. The molecule has 1 fully saturated rings. The van der Waals surface area contributed by atoms with Gasteiger partial charge in [-0.15, -0.1) is 0 Å². The predicted octanol–water partition coefficient (Wildman–Crippen LogP) is 2.45. The Morgan fingerprint density at radius 1 is 1.00 bits per heavy atom. The summed E-state index contributed by atoms with van der Waals surface area (Å²) in [7, 11) is 2.07. The molecule has 0 saturated carbocycles. The number of piperazine rings is 1. The van der Waals surface area contributed by atoms with Gasteiger partial charge in [0.1, 0.15) is 0 Å². The van der Waals surface area contributed by atoms with Gasteiger partial charge in [-0.2, -0.15) is 5.10 Å². The van der Waals surface area contributed by atoms with Crippen LogP contribution in [0.25, 0.3) is 5.69 Å². The standard InChI is InChI=1S/C24H31N7O/c1-19-22(20(2)31(27-19)21-8-5-4-6-9-21)18-28(3)13-10-23(32)29-14-16-30(17-15-29)24-25-11-7-12-26-24/h4-9,11-12H,10,13-18H2,1-3H3. The van der Waals surface area contributed by atoms with Crippen LogP contribution in [-0.2, 0) is 11.3 Å². The van der Waals surface area contributed by atoms with E-state index in [0.29, 0.717) is 19.5 Å². The largest absolute Gasteiger partial charge is 0.339 e. The van der Waals surface area contributed by atoms with Crippen molar-refractivity contribution >= 4 is 11.9 Å². The number of rotatable bonds is 7. The summed E-state index contributed by atoms with van der Waals surface area (Å²) in [6.45, 7) is 8.61. The Hall–Kier alpha value is -3.26. The van der Waals surface area contributed by atoms with Crippen LogP contribution in [0.3, 0.4) is 0 Å². The first-order chi connectivity index (χ1) is 15.5. The minimum atomic E-state index is 0.207. The summed E-state index contributed by atoms with van der Waals surface area (Å²) >= 11 is 0. The van der Waals surface area contributed by atoms with Crippen LogP contribution in [-0.4, -0.2) is 75.2 Å². The zero-order chi connectivity index (χ0) is 22.5. The average Bonchev–Trinajstić information content (AvgIpc) is 3.12. The molecule has 1 saturated heterocycles. The molecule has 1 aliphatic heterocycles. The molecular formula is C24H31N7O. The zero-order valence-electron chi connectivity index (χ0n) is 19.1. The number of anilines is 1. The van der Waals surface area contributed by atoms with Gasteiger partial charge in [-0.05, 0) is 39.1 Å². The Morgan fingerprint density at radius 3 is 2.38 bits per heavy atom. The van der Waals surface area contributed by atoms with Crippen molar-refractivity contribution in [1.82, 2.24) is 29.5 Å². The minimum Gasteiger partial charge on any atom is -0.339 e. The lowest BCUT2D eigenvalue weighted by atomic mass is 10.1. The zero-order valence-corrected chi connectivity index (χ0v) is 19.1. The Labute approximate surface area is 189 Å². The summed E-state index contributed by atoms with van der Waals surface area (Å²) in [5.74, 6) is 0.944. The van der Waals surface area contributed by atoms with Gasteiger partial charge in [0.2, 0.25) is 11.9 Å². The highest BCUT2D eigenvalue weighted by Gasteiger charge is 2.23. The Bertz CT molecular complexity index is 1030. The molecule has 1 aliphatic rings. The monoisotopic (exact) mass is 433 g/mol. The number of hydrogen-bond donors (Lipinski definition) is 0. The molecule has 168 valence electrons. The molecule has 2 aromatic heterocycles. The van der Waals surface area contributed by atoms with Crippen LogP contribution in [0.15, 0.2) is 48.8 Å². The second kappa shape index (κ2) is 9.91. The number of carbonyl (C=O) groups is 1. The molecule has 8 nitrogen and oxygen atoms in total. The third-order valence-corrected chi connectivity index (χ3v) is 6.04. The first kappa shape index (κ1) is 22.0. The van der Waals surface area contributed by atoms with E-state index in [2.05, 4.69) is 52.8 Å². The molecule has 8 heteroatoms. The summed E-state index contributed by atoms with van der Waals surface area (Å²) in [6.07, 6.45) is 4.02. The quantitative estimate of drug-likeness (QED) is 0.570. The van der Waals surface area contributed by atoms with Crippen molar-refractivity contribution in [3.05, 3.63) is 65.7 Å². The number of aryl methyl sites for hydroxylation is 1. The second-order valence-corrected chi connectivity index (χ2v) is 8.30. The molecule has 0 bridgehead atoms. The van der Waals surface area contributed by atoms with Crippen LogP contribution in [0.1, 0.15) is 23.4 Å². The van der Waals surface area contributed by atoms with Gasteiger partial charge < -0.3 is 14.7 Å². The number of carbonyl (C=O) groups excluding carboxylic acids is 1. The normalized spacial score (nSPS) is 14.2. The van der Waals surface area contributed by atoms with Gasteiger partial charge in [-0.25, -0.2) is 14.6 Å². The Morgan fingerprint density at radius 2 is 1.69 bits per heavy atom. The van der Waals surface area contributed by atoms with Crippen LogP contribution in [0, 0.1) is 13.8 Å². The number of amides is 1. The van der Waals surface area contributed by atoms with E-state index < -0.39 is 0 Å². The van der Waals surface area contributed by atoms with E-state index in [1.54, 1.807) is 12.4 Å². The molecular weight excluding hydrogens is 402 g/mol. The SMILES string of the molecule is Cc1nn(-c2ccccc2)c(C)c1CN(C)CCC(=O)N1CCN(c2ncccn2)CC1. The molecule has 32 heavy (non-hydrogen) atoms. The summed E-state index contributed by atoms with van der Waals surface area (Å²) < 4.78 is 2.00. The van der Waals surface area contributed by atoms with Crippen molar-refractivity contribution in [2.24, 2.45) is 0 Å². The van der Waals surface area contributed by atoms with E-state index in [1.807, 2.05) is 33.8 Å². The fourth-order valence-corrected chi connectivity index (χ4v) is 4.13. The van der Waals surface area contributed by atoms with Crippen molar-refractivity contribution in [2.75, 3.05) is 44.7 Å². The topological polar surface area (TPSA) is 70.4 Å². The van der Waals surface area contributed by atoms with Gasteiger partial charge >= 0.3 is 0 Å². The van der Waals surface area contributed by atoms with Gasteiger partial charge in [-0.3, -0.25) is 4.79 Å². The number of nitrogens with zero attached hydrogens (tertiary/aromatic N) is 7. The molecule has 0 spiro atoms. The fourth-order valence-electron chi connectivity index (χ4n) is 4.13. The lowest BCUT2D eigenvalue weighted by molar-refractivity contribution is -0.131. The maximum atomic E-state index is 12.8. The van der Waals surface area contributed by atoms with Gasteiger partial charge in [0, 0.05) is 69.3 Å². The molecule has 0 N–H and O–H groups in total. The Balaban J connectivity index is 1.28. The number of benzene rings is 1. The molecule has 0 radical (unpaired) electrons. The van der Waals surface area contributed by atoms with Crippen LogP contribution in [0.5, 0.6) is 0 Å². The van der Waals surface area contributed by atoms with Gasteiger partial charge in [0.25, 0.3) is 0 Å². The molecule has 4 rings (SSSR count). The van der Waals surface area contributed by atoms with Crippen LogP contribution in [0.4, 0.5) is 5.95 Å². The van der Waals surface area contributed by atoms with Gasteiger partial charge in [0.15, 0.2) is 0 Å². The summed E-state index contributed by atoms with van der Waals surface area (Å²) in [4.78, 5) is 27.7. The highest BCUT2D eigenvalue weighted by atomic mass is 16.2. The molecule has 0 unspecified atom stereocenters. The van der Waals surface area contributed by atoms with Gasteiger partial charge in [-0.1, -0.05) is 18.2 Å². The fraction of sp³-hybridized carbons (Fsp3) is 0.417. The Kier molecular flexibility index (Phi) is 6.80. The van der Waals surface area contributed by atoms with E-state index >= 15 is 0 Å². The smallest absolute Gasteiger partial charge is 0.225 e. The third-order valence-electron chi connectivity index (χ3n) is 6.04. The lowest BCUT2D eigenvalue weighted by Crippen LogP contribution is -2.49. The van der Waals surface area contributed by atoms with Crippen molar-refractivity contribution in [2.45, 2.75) is 26.8 Å². The predicted molar refractivity (Wildman–Crippen MR) is 125 cm³/mol. The van der Waals surface area contributed by atoms with E-state index in [0.717, 1.165) is 49.2 Å². The molecule has 0 aliphatic carbocycles. The van der Waals surface area contributed by atoms with Crippen LogP contribution in [0.2, 0.25) is 0 Å². The summed E-state index contributed by atoms with van der Waals surface area (Å²) in [6, 6.07) is 12.0. The molecule has 3 heterocycles. The van der Waals surface area contributed by atoms with Crippen molar-refractivity contribution in [3.8, 4) is 5.69 Å². The van der Waals surface area contributed by atoms with Crippen molar-refractivity contribution < 1.29 is 4.79 Å². The molecule has 0 atom stereocenters. The van der Waals surface area contributed by atoms with E-state index in [9.17, 15) is 4.79 Å². The van der Waals surface area contributed by atoms with Crippen molar-refractivity contribution in [3.63, 3.8) is 0 Å². The second-order valence-electron chi connectivity index (χ2n) is 8.30. The number of hydrogen-bond acceptors (Lipinski definition) is 6. The van der Waals surface area contributed by atoms with E-state index in [1.165, 1.54) is 5.56 Å². The van der Waals surface area contributed by atoms with Crippen molar-refractivity contribution in [1.29, 1.82) is 0 Å². The van der Waals surface area contributed by atoms with Crippen LogP contribution >= 0.6 is 0 Å². The van der Waals surface area contributed by atoms with Gasteiger partial charge in [0.05, 0.1) is 11.4 Å². The maximum absolute atomic E-state index is 12.8. The maximum Gasteiger partial charge on any atom is 0.225 e. The third kappa shape index (κ3) is 4.96. The molecule has 1 aromatic carbocycles. The first-order valence-corrected chi connectivity index (χ1v) is 11.1. The highest BCUT2D eigenvalue weighted by Crippen LogP contribution is 2.19. The highest BCUT2D eigenvalue weighted by molar-refractivity contribution is 5.76. The first-order valence-electron chi connectivity index (χ1n) is 11.1. The molecule has 1 amide bonds. The number of aromatic nitrogens is 4. The summed E-state index contributed by atoms with van der Waals surface area (Å²) in [5.41, 5.74) is 4.47. The molecule has 3 aromatic rings. The lowest BCUT2D eigenvalue weighted by Gasteiger charge is -2.35. The number of para-hydroxylation sites is 1. The average molecular weight is 434 g/mol. The minimum absolute atomic E-state index is 0.207. The van der Waals surface area contributed by atoms with E-state index in [-0.39, 0.29) is 5.91 Å². The van der Waals surface area contributed by atoms with Crippen LogP contribution < -0.4 is 4.90 Å². The van der Waals surface area contributed by atoms with E-state index in [4.69, 9.17) is 5.10 Å².